The molecule has 0 saturated carbocycles. The number of amides is 1. The van der Waals surface area contributed by atoms with Gasteiger partial charge in [0.25, 0.3) is 5.91 Å². The molecule has 1 aromatic rings. The Hall–Kier alpha value is -1.55. The van der Waals surface area contributed by atoms with Crippen LogP contribution < -0.4 is 10.6 Å². The Kier molecular flexibility index (Phi) is 4.15. The zero-order chi connectivity index (χ0) is 14.8. The number of nitrogens with zero attached hydrogens (tertiary/aromatic N) is 1. The average Bonchev–Trinajstić information content (AvgIpc) is 3.12. The van der Waals surface area contributed by atoms with Crippen molar-refractivity contribution in [3.05, 3.63) is 29.3 Å². The number of hydrogen-bond acceptors (Lipinski definition) is 3. The molecule has 0 aromatic heterocycles. The first-order valence-corrected chi connectivity index (χ1v) is 8.02. The zero-order valence-corrected chi connectivity index (χ0v) is 13.0. The van der Waals surface area contributed by atoms with E-state index >= 15 is 0 Å². The molecule has 3 rings (SSSR count). The normalized spacial score (nSPS) is 21.4. The van der Waals surface area contributed by atoms with Gasteiger partial charge in [-0.1, -0.05) is 0 Å². The molecule has 1 amide bonds. The highest BCUT2D eigenvalue weighted by Crippen LogP contribution is 2.23. The monoisotopic (exact) mass is 287 g/mol. The first-order valence-electron chi connectivity index (χ1n) is 8.02. The Morgan fingerprint density at radius 3 is 3.10 bits per heavy atom. The van der Waals surface area contributed by atoms with E-state index in [2.05, 4.69) is 29.4 Å². The Balaban J connectivity index is 1.53. The number of fused-ring (bicyclic) bond motifs is 1. The maximum atomic E-state index is 12.3. The molecule has 1 unspecified atom stereocenters. The van der Waals surface area contributed by atoms with Gasteiger partial charge in [0.2, 0.25) is 0 Å². The van der Waals surface area contributed by atoms with Gasteiger partial charge in [0, 0.05) is 36.9 Å². The average molecular weight is 287 g/mol. The molecule has 1 saturated heterocycles. The first-order chi connectivity index (χ1) is 10.1. The van der Waals surface area contributed by atoms with E-state index in [9.17, 15) is 4.79 Å². The summed E-state index contributed by atoms with van der Waals surface area (Å²) < 4.78 is 0. The van der Waals surface area contributed by atoms with Crippen molar-refractivity contribution in [2.45, 2.75) is 32.7 Å². The van der Waals surface area contributed by atoms with Crippen LogP contribution in [0.25, 0.3) is 0 Å². The molecule has 1 aromatic carbocycles. The van der Waals surface area contributed by atoms with Crippen LogP contribution in [0, 0.1) is 5.92 Å². The minimum Gasteiger partial charge on any atom is -0.384 e. The van der Waals surface area contributed by atoms with Crippen molar-refractivity contribution < 1.29 is 4.79 Å². The summed E-state index contributed by atoms with van der Waals surface area (Å²) in [6.45, 7) is 8.50. The van der Waals surface area contributed by atoms with E-state index in [1.807, 2.05) is 18.2 Å². The lowest BCUT2D eigenvalue weighted by Crippen LogP contribution is -2.33. The molecular formula is C17H25N3O. The third-order valence-corrected chi connectivity index (χ3v) is 4.68. The number of hydrogen-bond donors (Lipinski definition) is 2. The molecule has 2 N–H and O–H groups in total. The predicted octanol–water partition coefficient (Wildman–Crippen LogP) is 2.11. The Bertz CT molecular complexity index is 527. The summed E-state index contributed by atoms with van der Waals surface area (Å²) in [5.74, 6) is 0.653. The van der Waals surface area contributed by atoms with Crippen LogP contribution in [0.3, 0.4) is 0 Å². The lowest BCUT2D eigenvalue weighted by atomic mass is 10.1. The summed E-state index contributed by atoms with van der Waals surface area (Å²) in [4.78, 5) is 14.8. The summed E-state index contributed by atoms with van der Waals surface area (Å²) in [7, 11) is 0. The second-order valence-corrected chi connectivity index (χ2v) is 6.50. The number of anilines is 1. The Morgan fingerprint density at radius 1 is 1.48 bits per heavy atom. The smallest absolute Gasteiger partial charge is 0.251 e. The number of carbonyl (C=O) groups excluding carboxylic acids is 1. The van der Waals surface area contributed by atoms with Crippen molar-refractivity contribution >= 4 is 11.6 Å². The van der Waals surface area contributed by atoms with Gasteiger partial charge in [-0.15, -0.1) is 0 Å². The van der Waals surface area contributed by atoms with Crippen LogP contribution in [0.5, 0.6) is 0 Å². The van der Waals surface area contributed by atoms with Gasteiger partial charge in [-0.2, -0.15) is 0 Å². The summed E-state index contributed by atoms with van der Waals surface area (Å²) >= 11 is 0. The summed E-state index contributed by atoms with van der Waals surface area (Å²) in [5, 5.41) is 6.43. The van der Waals surface area contributed by atoms with Crippen molar-refractivity contribution in [1.82, 2.24) is 10.2 Å². The van der Waals surface area contributed by atoms with Crippen molar-refractivity contribution in [3.8, 4) is 0 Å². The van der Waals surface area contributed by atoms with Crippen molar-refractivity contribution in [1.29, 1.82) is 0 Å². The molecule has 2 aliphatic heterocycles. The maximum Gasteiger partial charge on any atom is 0.251 e. The van der Waals surface area contributed by atoms with Crippen LogP contribution in [0.4, 0.5) is 5.69 Å². The molecule has 2 aliphatic rings. The third kappa shape index (κ3) is 3.21. The Morgan fingerprint density at radius 2 is 2.33 bits per heavy atom. The fourth-order valence-corrected chi connectivity index (χ4v) is 3.28. The molecule has 21 heavy (non-hydrogen) atoms. The van der Waals surface area contributed by atoms with Crippen molar-refractivity contribution in [2.75, 3.05) is 31.5 Å². The molecule has 1 atom stereocenters. The Labute approximate surface area is 126 Å². The van der Waals surface area contributed by atoms with E-state index in [0.717, 1.165) is 38.2 Å². The van der Waals surface area contributed by atoms with Crippen LogP contribution in [0.15, 0.2) is 18.2 Å². The molecule has 0 aliphatic carbocycles. The number of nitrogens with one attached hydrogen (secondary N) is 2. The van der Waals surface area contributed by atoms with E-state index in [1.165, 1.54) is 17.7 Å². The minimum atomic E-state index is 0.0627. The van der Waals surface area contributed by atoms with Gasteiger partial charge in [0.1, 0.15) is 0 Å². The topological polar surface area (TPSA) is 44.4 Å². The molecule has 0 radical (unpaired) electrons. The molecular weight excluding hydrogens is 262 g/mol. The van der Waals surface area contributed by atoms with E-state index < -0.39 is 0 Å². The summed E-state index contributed by atoms with van der Waals surface area (Å²) in [6, 6.07) is 6.57. The van der Waals surface area contributed by atoms with Gasteiger partial charge < -0.3 is 15.5 Å². The highest BCUT2D eigenvalue weighted by atomic mass is 16.1. The minimum absolute atomic E-state index is 0.0627. The zero-order valence-electron chi connectivity index (χ0n) is 13.0. The quantitative estimate of drug-likeness (QED) is 0.891. The van der Waals surface area contributed by atoms with Gasteiger partial charge in [0.05, 0.1) is 0 Å². The van der Waals surface area contributed by atoms with Gasteiger partial charge in [0.15, 0.2) is 0 Å². The molecule has 114 valence electrons. The van der Waals surface area contributed by atoms with Gasteiger partial charge >= 0.3 is 0 Å². The van der Waals surface area contributed by atoms with E-state index in [0.29, 0.717) is 12.0 Å². The highest BCUT2D eigenvalue weighted by molar-refractivity contribution is 5.95. The lowest BCUT2D eigenvalue weighted by Gasteiger charge is -2.20. The van der Waals surface area contributed by atoms with Crippen LogP contribution in [-0.4, -0.2) is 43.0 Å². The van der Waals surface area contributed by atoms with Crippen LogP contribution >= 0.6 is 0 Å². The van der Waals surface area contributed by atoms with E-state index in [-0.39, 0.29) is 5.91 Å². The van der Waals surface area contributed by atoms with E-state index in [4.69, 9.17) is 0 Å². The van der Waals surface area contributed by atoms with Gasteiger partial charge in [-0.25, -0.2) is 0 Å². The maximum absolute atomic E-state index is 12.3. The standard InChI is InChI=1S/C17H25N3O/c1-12(2)20-8-6-13(11-20)10-19-17(21)15-3-4-16-14(9-15)5-7-18-16/h3-4,9,12-13,18H,5-8,10-11H2,1-2H3,(H,19,21). The van der Waals surface area contributed by atoms with Crippen LogP contribution in [-0.2, 0) is 6.42 Å². The molecule has 4 nitrogen and oxygen atoms in total. The van der Waals surface area contributed by atoms with E-state index in [1.54, 1.807) is 0 Å². The summed E-state index contributed by atoms with van der Waals surface area (Å²) in [6.07, 6.45) is 2.20. The van der Waals surface area contributed by atoms with Gasteiger partial charge in [-0.3, -0.25) is 4.79 Å². The molecule has 1 fully saturated rings. The number of carbonyl (C=O) groups is 1. The fraction of sp³-hybridized carbons (Fsp3) is 0.588. The lowest BCUT2D eigenvalue weighted by molar-refractivity contribution is 0.0947. The molecule has 4 heteroatoms. The van der Waals surface area contributed by atoms with Gasteiger partial charge in [-0.05, 0) is 62.9 Å². The van der Waals surface area contributed by atoms with Crippen molar-refractivity contribution in [3.63, 3.8) is 0 Å². The van der Waals surface area contributed by atoms with Crippen molar-refractivity contribution in [2.24, 2.45) is 5.92 Å². The first kappa shape index (κ1) is 14.4. The molecule has 0 bridgehead atoms. The van der Waals surface area contributed by atoms with Crippen LogP contribution in [0.1, 0.15) is 36.2 Å². The second kappa shape index (κ2) is 6.06. The predicted molar refractivity (Wildman–Crippen MR) is 85.8 cm³/mol. The SMILES string of the molecule is CC(C)N1CCC(CNC(=O)c2ccc3c(c2)CCN3)C1. The molecule has 2 heterocycles. The molecule has 0 spiro atoms. The largest absolute Gasteiger partial charge is 0.384 e. The number of rotatable bonds is 4. The summed E-state index contributed by atoms with van der Waals surface area (Å²) in [5.41, 5.74) is 3.22. The number of benzene rings is 1. The van der Waals surface area contributed by atoms with Crippen LogP contribution in [0.2, 0.25) is 0 Å². The number of likely N-dealkylation sites (tertiary alicyclic amines) is 1. The highest BCUT2D eigenvalue weighted by Gasteiger charge is 2.24. The fourth-order valence-electron chi connectivity index (χ4n) is 3.28. The third-order valence-electron chi connectivity index (χ3n) is 4.68. The second-order valence-electron chi connectivity index (χ2n) is 6.50.